The molecule has 0 aliphatic heterocycles. The fourth-order valence-corrected chi connectivity index (χ4v) is 4.51. The van der Waals surface area contributed by atoms with Gasteiger partial charge < -0.3 is 5.73 Å². The third-order valence-electron chi connectivity index (χ3n) is 6.19. The number of rotatable bonds is 6. The van der Waals surface area contributed by atoms with Gasteiger partial charge in [0.2, 0.25) is 0 Å². The molecule has 1 amide bonds. The maximum absolute atomic E-state index is 14.4. The molecule has 1 aliphatic carbocycles. The van der Waals surface area contributed by atoms with Crippen LogP contribution < -0.4 is 5.73 Å². The number of hydrazone groups is 1. The molecule has 2 N–H and O–H groups in total. The van der Waals surface area contributed by atoms with Crippen LogP contribution >= 0.6 is 0 Å². The van der Waals surface area contributed by atoms with Crippen molar-refractivity contribution in [1.82, 2.24) is 5.01 Å². The summed E-state index contributed by atoms with van der Waals surface area (Å²) >= 11 is 0. The molecule has 3 atom stereocenters. The van der Waals surface area contributed by atoms with Gasteiger partial charge in [0, 0.05) is 5.56 Å². The van der Waals surface area contributed by atoms with Gasteiger partial charge in [0.25, 0.3) is 5.91 Å². The van der Waals surface area contributed by atoms with E-state index in [9.17, 15) is 18.0 Å². The highest BCUT2D eigenvalue weighted by Gasteiger charge is 2.48. The summed E-state index contributed by atoms with van der Waals surface area (Å²) in [5, 5.41) is 5.54. The highest BCUT2D eigenvalue weighted by molar-refractivity contribution is 5.99. The fraction of sp³-hybridized carbons (Fsp3) is 0.417. The molecule has 3 rings (SSSR count). The SMILES string of the molecule is C/C(=N\N(C(=O)C(C)F)C1(C)c2ccccc2CC[C@@H]1CCN)c1cc(F)ccc1F. The Labute approximate surface area is 180 Å². The van der Waals surface area contributed by atoms with Crippen molar-refractivity contribution in [3.8, 4) is 0 Å². The Morgan fingerprint density at radius 1 is 1.29 bits per heavy atom. The number of fused-ring (bicyclic) bond motifs is 1. The predicted octanol–water partition coefficient (Wildman–Crippen LogP) is 4.70. The Morgan fingerprint density at radius 2 is 2.00 bits per heavy atom. The van der Waals surface area contributed by atoms with Crippen molar-refractivity contribution >= 4 is 11.6 Å². The van der Waals surface area contributed by atoms with Crippen molar-refractivity contribution in [2.24, 2.45) is 16.8 Å². The zero-order valence-corrected chi connectivity index (χ0v) is 18.0. The molecule has 0 spiro atoms. The van der Waals surface area contributed by atoms with Gasteiger partial charge in [-0.3, -0.25) is 4.79 Å². The number of nitrogens with zero attached hydrogens (tertiary/aromatic N) is 2. The maximum Gasteiger partial charge on any atom is 0.277 e. The summed E-state index contributed by atoms with van der Waals surface area (Å²) in [5.74, 6) is -2.21. The van der Waals surface area contributed by atoms with Crippen molar-refractivity contribution in [2.45, 2.75) is 51.7 Å². The molecule has 2 unspecified atom stereocenters. The van der Waals surface area contributed by atoms with E-state index in [2.05, 4.69) is 5.10 Å². The van der Waals surface area contributed by atoms with Crippen LogP contribution in [0.1, 0.15) is 50.3 Å². The van der Waals surface area contributed by atoms with Crippen LogP contribution in [-0.4, -0.2) is 29.3 Å². The largest absolute Gasteiger partial charge is 0.330 e. The number of carbonyl (C=O) groups excluding carboxylic acids is 1. The monoisotopic (exact) mass is 431 g/mol. The van der Waals surface area contributed by atoms with Crippen molar-refractivity contribution in [3.63, 3.8) is 0 Å². The highest BCUT2D eigenvalue weighted by Crippen LogP contribution is 2.46. The van der Waals surface area contributed by atoms with E-state index in [4.69, 9.17) is 5.73 Å². The van der Waals surface area contributed by atoms with Gasteiger partial charge in [-0.25, -0.2) is 18.2 Å². The lowest BCUT2D eigenvalue weighted by atomic mass is 9.68. The molecular formula is C24H28F3N3O. The Balaban J connectivity index is 2.21. The number of hydrogen-bond acceptors (Lipinski definition) is 3. The summed E-state index contributed by atoms with van der Waals surface area (Å²) in [6, 6.07) is 10.7. The molecule has 2 aromatic carbocycles. The van der Waals surface area contributed by atoms with Crippen LogP contribution in [0.4, 0.5) is 13.2 Å². The third-order valence-corrected chi connectivity index (χ3v) is 6.19. The Hall–Kier alpha value is -2.67. The number of carbonyl (C=O) groups is 1. The first-order valence-corrected chi connectivity index (χ1v) is 10.5. The Bertz CT molecular complexity index is 992. The number of aryl methyl sites for hydroxylation is 1. The number of nitrogens with two attached hydrogens (primary N) is 1. The molecule has 0 saturated carbocycles. The third kappa shape index (κ3) is 4.37. The molecule has 2 aromatic rings. The van der Waals surface area contributed by atoms with Gasteiger partial charge in [0.1, 0.15) is 11.6 Å². The van der Waals surface area contributed by atoms with E-state index in [1.807, 2.05) is 31.2 Å². The number of amides is 1. The summed E-state index contributed by atoms with van der Waals surface area (Å²) in [6.45, 7) is 4.89. The highest BCUT2D eigenvalue weighted by atomic mass is 19.1. The first-order chi connectivity index (χ1) is 14.7. The molecule has 0 aromatic heterocycles. The molecule has 0 radical (unpaired) electrons. The predicted molar refractivity (Wildman–Crippen MR) is 115 cm³/mol. The van der Waals surface area contributed by atoms with Gasteiger partial charge in [-0.05, 0) is 81.8 Å². The van der Waals surface area contributed by atoms with Crippen LogP contribution in [-0.2, 0) is 16.8 Å². The minimum absolute atomic E-state index is 0.0765. The van der Waals surface area contributed by atoms with Crippen molar-refractivity contribution in [3.05, 3.63) is 70.8 Å². The van der Waals surface area contributed by atoms with Crippen LogP contribution in [0.3, 0.4) is 0 Å². The first-order valence-electron chi connectivity index (χ1n) is 10.5. The van der Waals surface area contributed by atoms with Crippen LogP contribution in [0.5, 0.6) is 0 Å². The minimum atomic E-state index is -1.82. The summed E-state index contributed by atoms with van der Waals surface area (Å²) in [6.07, 6.45) is 0.347. The fourth-order valence-electron chi connectivity index (χ4n) is 4.51. The number of alkyl halides is 1. The number of hydrogen-bond donors (Lipinski definition) is 1. The lowest BCUT2D eigenvalue weighted by Crippen LogP contribution is -2.54. The van der Waals surface area contributed by atoms with E-state index in [0.29, 0.717) is 13.0 Å². The van der Waals surface area contributed by atoms with Gasteiger partial charge in [-0.15, -0.1) is 0 Å². The topological polar surface area (TPSA) is 58.7 Å². The quantitative estimate of drug-likeness (QED) is 0.532. The molecule has 7 heteroatoms. The van der Waals surface area contributed by atoms with Gasteiger partial charge >= 0.3 is 0 Å². The Kier molecular flexibility index (Phi) is 6.84. The smallest absolute Gasteiger partial charge is 0.277 e. The first kappa shape index (κ1) is 23.0. The molecule has 0 bridgehead atoms. The van der Waals surface area contributed by atoms with Crippen LogP contribution in [0.2, 0.25) is 0 Å². The van der Waals surface area contributed by atoms with Gasteiger partial charge in [-0.1, -0.05) is 24.3 Å². The maximum atomic E-state index is 14.4. The van der Waals surface area contributed by atoms with Crippen LogP contribution in [0.15, 0.2) is 47.6 Å². The molecule has 166 valence electrons. The standard InChI is InChI=1S/C24H28F3N3O/c1-15(25)23(31)30(29-16(2)20-14-19(26)10-11-22(20)27)24(3)18(12-13-28)9-8-17-6-4-5-7-21(17)24/h4-7,10-11,14-15,18H,8-9,12-13,28H2,1-3H3/b29-16+/t15?,18-,24?/m1/s1. The zero-order chi connectivity index (χ0) is 22.8. The summed E-state index contributed by atoms with van der Waals surface area (Å²) < 4.78 is 42.4. The van der Waals surface area contributed by atoms with E-state index in [1.165, 1.54) is 6.92 Å². The van der Waals surface area contributed by atoms with Crippen molar-refractivity contribution < 1.29 is 18.0 Å². The molecule has 0 fully saturated rings. The second kappa shape index (κ2) is 9.22. The van der Waals surface area contributed by atoms with Gasteiger partial charge in [0.15, 0.2) is 6.17 Å². The number of halogens is 3. The lowest BCUT2D eigenvalue weighted by molar-refractivity contribution is -0.146. The van der Waals surface area contributed by atoms with E-state index >= 15 is 0 Å². The second-order valence-electron chi connectivity index (χ2n) is 8.19. The second-order valence-corrected chi connectivity index (χ2v) is 8.19. The van der Waals surface area contributed by atoms with E-state index in [1.54, 1.807) is 0 Å². The molecule has 0 saturated heterocycles. The molecular weight excluding hydrogens is 403 g/mol. The van der Waals surface area contributed by atoms with E-state index in [-0.39, 0.29) is 17.2 Å². The van der Waals surface area contributed by atoms with E-state index < -0.39 is 29.3 Å². The van der Waals surface area contributed by atoms with Gasteiger partial charge in [0.05, 0.1) is 11.3 Å². The van der Waals surface area contributed by atoms with Crippen LogP contribution in [0, 0.1) is 17.6 Å². The average molecular weight is 432 g/mol. The van der Waals surface area contributed by atoms with Crippen molar-refractivity contribution in [1.29, 1.82) is 0 Å². The average Bonchev–Trinajstić information content (AvgIpc) is 2.75. The molecule has 31 heavy (non-hydrogen) atoms. The summed E-state index contributed by atoms with van der Waals surface area (Å²) in [5.41, 5.74) is 6.79. The van der Waals surface area contributed by atoms with E-state index in [0.717, 1.165) is 54.1 Å². The normalized spacial score (nSPS) is 22.0. The molecule has 1 aliphatic rings. The van der Waals surface area contributed by atoms with Crippen LogP contribution in [0.25, 0.3) is 0 Å². The van der Waals surface area contributed by atoms with Gasteiger partial charge in [-0.2, -0.15) is 5.10 Å². The summed E-state index contributed by atoms with van der Waals surface area (Å²) in [4.78, 5) is 13.1. The number of benzene rings is 2. The molecule has 4 nitrogen and oxygen atoms in total. The Morgan fingerprint density at radius 3 is 2.68 bits per heavy atom. The summed E-state index contributed by atoms with van der Waals surface area (Å²) in [7, 11) is 0. The minimum Gasteiger partial charge on any atom is -0.330 e. The lowest BCUT2D eigenvalue weighted by Gasteiger charge is -2.48. The molecule has 0 heterocycles. The van der Waals surface area contributed by atoms with Crippen molar-refractivity contribution in [2.75, 3.05) is 6.54 Å². The zero-order valence-electron chi connectivity index (χ0n) is 18.0.